The van der Waals surface area contributed by atoms with Gasteiger partial charge in [-0.05, 0) is 122 Å². The van der Waals surface area contributed by atoms with E-state index < -0.39 is 69.2 Å². The van der Waals surface area contributed by atoms with Gasteiger partial charge in [-0.3, -0.25) is 19.2 Å². The highest BCUT2D eigenvalue weighted by atomic mass is 32.2. The van der Waals surface area contributed by atoms with Crippen molar-refractivity contribution >= 4 is 57.4 Å². The number of ether oxygens (including phenoxy) is 1. The van der Waals surface area contributed by atoms with E-state index in [9.17, 15) is 33.9 Å². The van der Waals surface area contributed by atoms with Crippen LogP contribution in [0.15, 0.2) is 185 Å². The third-order valence-corrected chi connectivity index (χ3v) is 13.0. The van der Waals surface area contributed by atoms with Crippen LogP contribution in [-0.4, -0.2) is 81.2 Å². The lowest BCUT2D eigenvalue weighted by molar-refractivity contribution is -0.137. The summed E-state index contributed by atoms with van der Waals surface area (Å²) in [7, 11) is 0. The maximum atomic E-state index is 15.1. The number of nitrogens with one attached hydrogen (secondary N) is 3. The normalized spacial score (nSPS) is 15.4. The number of Topliss-reactive ketones (excluding diaryl/α,β-unsaturated/α-hetero) is 1. The molecule has 2 atom stereocenters. The number of benzene rings is 6. The van der Waals surface area contributed by atoms with Crippen molar-refractivity contribution in [2.75, 3.05) is 36.5 Å². The van der Waals surface area contributed by atoms with Crippen LogP contribution >= 0.6 is 0 Å². The van der Waals surface area contributed by atoms with Gasteiger partial charge in [0.15, 0.2) is 6.10 Å². The van der Waals surface area contributed by atoms with Gasteiger partial charge in [-0.25, -0.2) is 9.20 Å². The lowest BCUT2D eigenvalue weighted by Crippen LogP contribution is -2.43. The Kier molecular flexibility index (Phi) is 15.8. The molecule has 0 spiro atoms. The first kappa shape index (κ1) is 51.9. The number of ketones is 1. The number of anilines is 2. The van der Waals surface area contributed by atoms with E-state index in [2.05, 4.69) is 20.9 Å². The third kappa shape index (κ3) is 11.3. The van der Waals surface area contributed by atoms with Crippen molar-refractivity contribution < 1.29 is 60.8 Å². The van der Waals surface area contributed by atoms with Gasteiger partial charge in [0.05, 0.1) is 38.8 Å². The predicted molar refractivity (Wildman–Crippen MR) is 270 cm³/mol. The van der Waals surface area contributed by atoms with E-state index in [1.165, 1.54) is 85.8 Å². The van der Waals surface area contributed by atoms with E-state index in [0.717, 1.165) is 18.2 Å². The highest BCUT2D eigenvalue weighted by Gasteiger charge is 2.56. The smallest absolute Gasteiger partial charge is 0.418 e. The van der Waals surface area contributed by atoms with Crippen LogP contribution in [0.25, 0.3) is 0 Å². The third-order valence-electron chi connectivity index (χ3n) is 12.0. The molecule has 6 aromatic rings. The Balaban J connectivity index is 1.10. The fraction of sp³-hybridized carbons (Fsp3) is 0.182. The molecule has 1 aliphatic heterocycles. The lowest BCUT2D eigenvalue weighted by Gasteiger charge is -2.31. The molecule has 2 unspecified atom stereocenters. The van der Waals surface area contributed by atoms with E-state index in [1.807, 2.05) is 0 Å². The lowest BCUT2D eigenvalue weighted by atomic mass is 9.67. The molecule has 0 radical (unpaired) electrons. The van der Waals surface area contributed by atoms with Crippen LogP contribution < -0.4 is 29.8 Å². The summed E-state index contributed by atoms with van der Waals surface area (Å²) < 4.78 is 69.2. The number of amides is 3. The van der Waals surface area contributed by atoms with Crippen LogP contribution in [0.2, 0.25) is 0 Å². The van der Waals surface area contributed by atoms with Crippen molar-refractivity contribution in [2.24, 2.45) is 4.99 Å². The Hall–Kier alpha value is -8.39. The quantitative estimate of drug-likeness (QED) is 0.0430. The molecule has 0 aromatic heterocycles. The molecule has 6 aromatic carbocycles. The van der Waals surface area contributed by atoms with Gasteiger partial charge in [0.2, 0.25) is 22.8 Å². The van der Waals surface area contributed by atoms with Gasteiger partial charge in [-0.15, -0.1) is 0 Å². The number of rotatable bonds is 19. The van der Waals surface area contributed by atoms with Crippen LogP contribution in [0.1, 0.15) is 46.8 Å². The summed E-state index contributed by atoms with van der Waals surface area (Å²) >= 11 is -1.89. The molecule has 1 aliphatic carbocycles. The van der Waals surface area contributed by atoms with Gasteiger partial charge in [0.1, 0.15) is 22.7 Å². The molecule has 2 aliphatic rings. The molecule has 380 valence electrons. The van der Waals surface area contributed by atoms with Crippen LogP contribution in [0, 0.1) is 0 Å². The molecule has 6 N–H and O–H groups in total. The summed E-state index contributed by atoms with van der Waals surface area (Å²) in [5, 5.41) is 36.5. The summed E-state index contributed by atoms with van der Waals surface area (Å²) in [6, 6.07) is 37.6. The minimum Gasteiger partial charge on any atom is -0.508 e. The Labute approximate surface area is 425 Å². The number of hydrogen-bond donors (Lipinski definition) is 6. The Bertz CT molecular complexity index is 3140. The van der Waals surface area contributed by atoms with Crippen molar-refractivity contribution in [2.45, 2.75) is 42.4 Å². The van der Waals surface area contributed by atoms with Crippen molar-refractivity contribution in [1.82, 2.24) is 10.6 Å². The number of carbonyl (C=O) groups is 4. The fourth-order valence-corrected chi connectivity index (χ4v) is 9.24. The maximum Gasteiger partial charge on any atom is 0.418 e. The predicted octanol–water partition coefficient (Wildman–Crippen LogP) is 7.83. The summed E-state index contributed by atoms with van der Waals surface area (Å²) in [6.07, 6.45) is -4.43. The second kappa shape index (κ2) is 22.6. The van der Waals surface area contributed by atoms with E-state index in [4.69, 9.17) is 8.92 Å². The monoisotopic (exact) mass is 1030 g/mol. The first-order valence-corrected chi connectivity index (χ1v) is 24.3. The zero-order valence-electron chi connectivity index (χ0n) is 39.5. The van der Waals surface area contributed by atoms with E-state index >= 15 is 18.0 Å². The molecule has 0 saturated heterocycles. The van der Waals surface area contributed by atoms with Crippen molar-refractivity contribution in [1.29, 1.82) is 0 Å². The summed E-state index contributed by atoms with van der Waals surface area (Å²) in [5.41, 5.74) is -3.64. The number of alkyl halides is 3. The first-order valence-electron chi connectivity index (χ1n) is 23.2. The topological polar surface area (TPSA) is 216 Å². The standard InChI is InChI=1S/C55H48F3N5O10S/c1-34(72-41-22-24-43(25-23-41)74(71)73-42-20-18-40(66)19-21-42)51(68)59-38-16-8-11-35(31-38)52(69)61-47-33-46(60-45-26-17-39(32-44(45)55(56,57)58)63(27-9-29-64)28-10-30-65)49-48(50(47)67)54(53(70)62-49,36-12-4-2-5-13-36)37-14-6-3-7-15-37/h2-8,11-26,31-34,64-66H,9-10,27-30H2,1H3,(H,59,68)(H,61,69)(H,62,70). The largest absolute Gasteiger partial charge is 0.508 e. The van der Waals surface area contributed by atoms with Gasteiger partial charge in [0, 0.05) is 43.2 Å². The first-order chi connectivity index (χ1) is 35.6. The number of phenolic OH excluding ortho intramolecular Hbond substituents is 1. The Morgan fingerprint density at radius 2 is 1.41 bits per heavy atom. The van der Waals surface area contributed by atoms with Gasteiger partial charge in [0.25, 0.3) is 11.8 Å². The molecular formula is C55H48F3N5O10S. The average molecular weight is 1030 g/mol. The number of aromatic hydroxyl groups is 1. The number of halogens is 3. The highest BCUT2D eigenvalue weighted by molar-refractivity contribution is 7.80. The molecule has 74 heavy (non-hydrogen) atoms. The number of aliphatic hydroxyl groups is 2. The van der Waals surface area contributed by atoms with Crippen LogP contribution in [-0.2, 0) is 37.1 Å². The van der Waals surface area contributed by atoms with E-state index in [1.54, 1.807) is 65.6 Å². The molecule has 0 fully saturated rings. The summed E-state index contributed by atoms with van der Waals surface area (Å²) in [5.74, 6) is -2.42. The minimum absolute atomic E-state index is 0.0227. The van der Waals surface area contributed by atoms with E-state index in [0.29, 0.717) is 16.0 Å². The van der Waals surface area contributed by atoms with Gasteiger partial charge in [-0.2, -0.15) is 13.2 Å². The number of hydrogen-bond acceptors (Lipinski definition) is 12. The Morgan fingerprint density at radius 3 is 2.01 bits per heavy atom. The Morgan fingerprint density at radius 1 is 0.784 bits per heavy atom. The molecule has 19 heteroatoms. The van der Waals surface area contributed by atoms with Gasteiger partial charge in [-0.1, -0.05) is 66.7 Å². The van der Waals surface area contributed by atoms with Gasteiger partial charge >= 0.3 is 6.18 Å². The zero-order chi connectivity index (χ0) is 52.6. The van der Waals surface area contributed by atoms with Crippen LogP contribution in [0.5, 0.6) is 17.2 Å². The van der Waals surface area contributed by atoms with Crippen molar-refractivity contribution in [3.63, 3.8) is 0 Å². The molecule has 1 heterocycles. The second-order valence-electron chi connectivity index (χ2n) is 17.0. The maximum absolute atomic E-state index is 15.1. The van der Waals surface area contributed by atoms with Crippen LogP contribution in [0.3, 0.4) is 0 Å². The number of carbonyl (C=O) groups excluding carboxylic acids is 4. The second-order valence-corrected chi connectivity index (χ2v) is 18.1. The average Bonchev–Trinajstić information content (AvgIpc) is 3.72. The summed E-state index contributed by atoms with van der Waals surface area (Å²) in [6.45, 7) is 1.46. The number of allylic oxidation sites excluding steroid dienone is 2. The summed E-state index contributed by atoms with van der Waals surface area (Å²) in [4.78, 5) is 63.8. The highest BCUT2D eigenvalue weighted by Crippen LogP contribution is 2.48. The minimum atomic E-state index is -4.96. The number of nitrogens with zero attached hydrogens (tertiary/aromatic N) is 2. The SMILES string of the molecule is CC(Oc1ccc(S(=O)Oc2ccc(O)cc2)cc1)C(=O)Nc1cccc(C(=O)NC2=CC(=Nc3ccc(N(CCCO)CCCO)cc3C(F)(F)F)C3=C(C2=O)C(c2ccccc2)(c2ccccc2)C(=O)N3)c1. The van der Waals surface area contributed by atoms with Crippen molar-refractivity contribution in [3.05, 3.63) is 197 Å². The van der Waals surface area contributed by atoms with Crippen LogP contribution in [0.4, 0.5) is 30.2 Å². The molecule has 3 amide bonds. The molecule has 0 bridgehead atoms. The number of aliphatic hydroxyl groups excluding tert-OH is 2. The zero-order valence-corrected chi connectivity index (χ0v) is 40.3. The molecule has 8 rings (SSSR count). The molecule has 15 nitrogen and oxygen atoms in total. The van der Waals surface area contributed by atoms with Crippen molar-refractivity contribution in [3.8, 4) is 17.2 Å². The molecule has 0 saturated carbocycles. The van der Waals surface area contributed by atoms with E-state index in [-0.39, 0.29) is 90.3 Å². The number of aliphatic imine (C=N–C) groups is 1. The molecular weight excluding hydrogens is 980 g/mol. The number of phenols is 1. The fourth-order valence-electron chi connectivity index (χ4n) is 8.50. The van der Waals surface area contributed by atoms with Gasteiger partial charge < -0.3 is 45.1 Å².